The van der Waals surface area contributed by atoms with Crippen LogP contribution >= 0.6 is 22.6 Å². The summed E-state index contributed by atoms with van der Waals surface area (Å²) in [6.07, 6.45) is 1.27. The van der Waals surface area contributed by atoms with Gasteiger partial charge in [0.2, 0.25) is 0 Å². The standard InChI is InChI=1S/C8H18IN/c1-4-8(3,6-9)7-10-5-2/h10H,4-7H2,1-3H3. The summed E-state index contributed by atoms with van der Waals surface area (Å²) in [5, 5.41) is 3.39. The average molecular weight is 255 g/mol. The third kappa shape index (κ3) is 3.76. The highest BCUT2D eigenvalue weighted by molar-refractivity contribution is 14.1. The van der Waals surface area contributed by atoms with E-state index in [9.17, 15) is 0 Å². The Kier molecular flexibility index (Phi) is 5.72. The van der Waals surface area contributed by atoms with Crippen LogP contribution in [-0.2, 0) is 0 Å². The van der Waals surface area contributed by atoms with Gasteiger partial charge in [0.15, 0.2) is 0 Å². The largest absolute Gasteiger partial charge is 0.316 e. The summed E-state index contributed by atoms with van der Waals surface area (Å²) in [6.45, 7) is 9.00. The SMILES string of the molecule is CCNCC(C)(CC)CI. The predicted octanol–water partition coefficient (Wildman–Crippen LogP) is 2.45. The Bertz CT molecular complexity index is 79.3. The molecule has 1 N–H and O–H groups in total. The van der Waals surface area contributed by atoms with Crippen molar-refractivity contribution >= 4 is 22.6 Å². The number of halogens is 1. The lowest BCUT2D eigenvalue weighted by molar-refractivity contribution is 0.346. The van der Waals surface area contributed by atoms with E-state index in [0.717, 1.165) is 13.1 Å². The highest BCUT2D eigenvalue weighted by Crippen LogP contribution is 2.22. The molecule has 62 valence electrons. The normalized spacial score (nSPS) is 16.8. The molecule has 0 radical (unpaired) electrons. The molecule has 0 aromatic rings. The first-order valence-corrected chi connectivity index (χ1v) is 5.47. The number of nitrogens with one attached hydrogen (secondary N) is 1. The smallest absolute Gasteiger partial charge is 0.00613 e. The van der Waals surface area contributed by atoms with Gasteiger partial charge in [0.05, 0.1) is 0 Å². The first-order valence-electron chi connectivity index (χ1n) is 3.95. The highest BCUT2D eigenvalue weighted by Gasteiger charge is 2.18. The van der Waals surface area contributed by atoms with Crippen molar-refractivity contribution in [2.24, 2.45) is 5.41 Å². The van der Waals surface area contributed by atoms with E-state index >= 15 is 0 Å². The predicted molar refractivity (Wildman–Crippen MR) is 55.8 cm³/mol. The minimum atomic E-state index is 0.510. The third-order valence-corrected chi connectivity index (χ3v) is 3.82. The van der Waals surface area contributed by atoms with Gasteiger partial charge in [-0.15, -0.1) is 0 Å². The molecule has 0 aliphatic carbocycles. The van der Waals surface area contributed by atoms with Crippen LogP contribution in [0.4, 0.5) is 0 Å². The van der Waals surface area contributed by atoms with E-state index in [-0.39, 0.29) is 0 Å². The van der Waals surface area contributed by atoms with Crippen molar-refractivity contribution in [2.45, 2.75) is 27.2 Å². The van der Waals surface area contributed by atoms with Crippen LogP contribution in [0.25, 0.3) is 0 Å². The van der Waals surface area contributed by atoms with E-state index in [2.05, 4.69) is 48.7 Å². The molecule has 0 rings (SSSR count). The van der Waals surface area contributed by atoms with Crippen molar-refractivity contribution in [2.75, 3.05) is 17.5 Å². The van der Waals surface area contributed by atoms with E-state index in [1.807, 2.05) is 0 Å². The Morgan fingerprint density at radius 1 is 1.40 bits per heavy atom. The summed E-state index contributed by atoms with van der Waals surface area (Å²) in [6, 6.07) is 0. The van der Waals surface area contributed by atoms with Gasteiger partial charge in [0.25, 0.3) is 0 Å². The second-order valence-electron chi connectivity index (χ2n) is 3.08. The second-order valence-corrected chi connectivity index (χ2v) is 3.84. The Labute approximate surface area is 78.1 Å². The zero-order valence-electron chi connectivity index (χ0n) is 7.21. The van der Waals surface area contributed by atoms with Crippen LogP contribution in [-0.4, -0.2) is 17.5 Å². The Hall–Kier alpha value is 0.690. The molecule has 1 atom stereocenters. The van der Waals surface area contributed by atoms with Crippen LogP contribution in [0.5, 0.6) is 0 Å². The first-order chi connectivity index (χ1) is 4.68. The lowest BCUT2D eigenvalue weighted by Crippen LogP contribution is -2.32. The van der Waals surface area contributed by atoms with Crippen LogP contribution in [0.3, 0.4) is 0 Å². The fourth-order valence-electron chi connectivity index (χ4n) is 0.694. The molecule has 0 spiro atoms. The second kappa shape index (κ2) is 5.35. The minimum absolute atomic E-state index is 0.510. The molecular weight excluding hydrogens is 237 g/mol. The number of rotatable bonds is 5. The number of alkyl halides is 1. The van der Waals surface area contributed by atoms with Crippen molar-refractivity contribution in [3.63, 3.8) is 0 Å². The summed E-state index contributed by atoms with van der Waals surface area (Å²) in [5.74, 6) is 0. The maximum atomic E-state index is 3.39. The van der Waals surface area contributed by atoms with Crippen LogP contribution in [0, 0.1) is 5.41 Å². The number of hydrogen-bond donors (Lipinski definition) is 1. The molecule has 0 aliphatic rings. The molecular formula is C8H18IN. The molecule has 0 bridgehead atoms. The highest BCUT2D eigenvalue weighted by atomic mass is 127. The average Bonchev–Trinajstić information content (AvgIpc) is 2.00. The van der Waals surface area contributed by atoms with Gasteiger partial charge in [-0.25, -0.2) is 0 Å². The molecule has 10 heavy (non-hydrogen) atoms. The molecule has 0 fully saturated rings. The lowest BCUT2D eigenvalue weighted by atomic mass is 9.90. The van der Waals surface area contributed by atoms with E-state index in [0.29, 0.717) is 5.41 Å². The topological polar surface area (TPSA) is 12.0 Å². The molecule has 1 unspecified atom stereocenters. The monoisotopic (exact) mass is 255 g/mol. The first kappa shape index (κ1) is 10.7. The van der Waals surface area contributed by atoms with Gasteiger partial charge in [-0.05, 0) is 18.4 Å². The molecule has 1 nitrogen and oxygen atoms in total. The van der Waals surface area contributed by atoms with Crippen molar-refractivity contribution in [1.29, 1.82) is 0 Å². The minimum Gasteiger partial charge on any atom is -0.316 e. The Morgan fingerprint density at radius 2 is 2.00 bits per heavy atom. The lowest BCUT2D eigenvalue weighted by Gasteiger charge is -2.25. The van der Waals surface area contributed by atoms with Crippen LogP contribution in [0.2, 0.25) is 0 Å². The van der Waals surface area contributed by atoms with E-state index in [1.54, 1.807) is 0 Å². The zero-order valence-corrected chi connectivity index (χ0v) is 9.36. The maximum Gasteiger partial charge on any atom is 0.00613 e. The van der Waals surface area contributed by atoms with E-state index in [1.165, 1.54) is 10.8 Å². The van der Waals surface area contributed by atoms with E-state index in [4.69, 9.17) is 0 Å². The van der Waals surface area contributed by atoms with Gasteiger partial charge in [0.1, 0.15) is 0 Å². The summed E-state index contributed by atoms with van der Waals surface area (Å²) >= 11 is 2.47. The van der Waals surface area contributed by atoms with Gasteiger partial charge in [-0.3, -0.25) is 0 Å². The van der Waals surface area contributed by atoms with Crippen molar-refractivity contribution < 1.29 is 0 Å². The van der Waals surface area contributed by atoms with Gasteiger partial charge < -0.3 is 5.32 Å². The molecule has 0 saturated carbocycles. The fourth-order valence-corrected chi connectivity index (χ4v) is 1.50. The molecule has 0 heterocycles. The molecule has 0 aromatic heterocycles. The van der Waals surface area contributed by atoms with Crippen LogP contribution in [0.1, 0.15) is 27.2 Å². The maximum absolute atomic E-state index is 3.39. The van der Waals surface area contributed by atoms with Gasteiger partial charge in [-0.2, -0.15) is 0 Å². The van der Waals surface area contributed by atoms with Crippen molar-refractivity contribution in [3.05, 3.63) is 0 Å². The van der Waals surface area contributed by atoms with Crippen LogP contribution in [0.15, 0.2) is 0 Å². The van der Waals surface area contributed by atoms with Crippen molar-refractivity contribution in [1.82, 2.24) is 5.32 Å². The van der Waals surface area contributed by atoms with Crippen LogP contribution < -0.4 is 5.32 Å². The molecule has 0 amide bonds. The molecule has 2 heteroatoms. The summed E-state index contributed by atoms with van der Waals surface area (Å²) in [4.78, 5) is 0. The van der Waals surface area contributed by atoms with Crippen molar-refractivity contribution in [3.8, 4) is 0 Å². The Morgan fingerprint density at radius 3 is 2.30 bits per heavy atom. The molecule has 0 aromatic carbocycles. The summed E-state index contributed by atoms with van der Waals surface area (Å²) < 4.78 is 1.24. The third-order valence-electron chi connectivity index (χ3n) is 1.98. The fraction of sp³-hybridized carbons (Fsp3) is 1.00. The Balaban J connectivity index is 3.58. The quantitative estimate of drug-likeness (QED) is 0.587. The zero-order chi connectivity index (χ0) is 8.04. The number of hydrogen-bond acceptors (Lipinski definition) is 1. The van der Waals surface area contributed by atoms with Gasteiger partial charge in [-0.1, -0.05) is 43.4 Å². The van der Waals surface area contributed by atoms with Gasteiger partial charge >= 0.3 is 0 Å². The van der Waals surface area contributed by atoms with Gasteiger partial charge in [0, 0.05) is 11.0 Å². The molecule has 0 aliphatic heterocycles. The summed E-state index contributed by atoms with van der Waals surface area (Å²) in [5.41, 5.74) is 0.510. The molecule has 0 saturated heterocycles. The summed E-state index contributed by atoms with van der Waals surface area (Å²) in [7, 11) is 0. The van der Waals surface area contributed by atoms with E-state index < -0.39 is 0 Å².